The molecule has 0 aromatic heterocycles. The Hall–Kier alpha value is -2.05. The summed E-state index contributed by atoms with van der Waals surface area (Å²) in [6, 6.07) is 10.5. The van der Waals surface area contributed by atoms with Crippen LogP contribution in [0, 0.1) is 13.8 Å². The van der Waals surface area contributed by atoms with Gasteiger partial charge in [-0.1, -0.05) is 18.2 Å². The van der Waals surface area contributed by atoms with E-state index in [1.807, 2.05) is 32.0 Å². The largest absolute Gasteiger partial charge is 0.486 e. The van der Waals surface area contributed by atoms with Crippen molar-refractivity contribution in [3.63, 3.8) is 0 Å². The number of rotatable bonds is 4. The van der Waals surface area contributed by atoms with E-state index in [1.54, 1.807) is 6.07 Å². The summed E-state index contributed by atoms with van der Waals surface area (Å²) in [4.78, 5) is 0.172. The Labute approximate surface area is 136 Å². The van der Waals surface area contributed by atoms with E-state index in [2.05, 4.69) is 4.72 Å². The summed E-state index contributed by atoms with van der Waals surface area (Å²) in [6.07, 6.45) is 0. The summed E-state index contributed by atoms with van der Waals surface area (Å²) in [7, 11) is -3.60. The van der Waals surface area contributed by atoms with Crippen molar-refractivity contribution in [3.8, 4) is 11.5 Å². The van der Waals surface area contributed by atoms with E-state index < -0.39 is 10.0 Å². The Bertz CT molecular complexity index is 830. The number of nitrogens with one attached hydrogen (secondary N) is 1. The van der Waals surface area contributed by atoms with E-state index in [0.717, 1.165) is 11.1 Å². The van der Waals surface area contributed by atoms with Crippen LogP contribution in [0.4, 0.5) is 0 Å². The average molecular weight is 333 g/mol. The maximum Gasteiger partial charge on any atom is 0.241 e. The molecule has 2 aromatic rings. The minimum Gasteiger partial charge on any atom is -0.486 e. The highest BCUT2D eigenvalue weighted by Crippen LogP contribution is 2.32. The summed E-state index contributed by atoms with van der Waals surface area (Å²) >= 11 is 0. The fraction of sp³-hybridized carbons (Fsp3) is 0.294. The van der Waals surface area contributed by atoms with Gasteiger partial charge in [0.1, 0.15) is 13.2 Å². The summed E-state index contributed by atoms with van der Waals surface area (Å²) < 4.78 is 38.3. The van der Waals surface area contributed by atoms with Crippen LogP contribution in [0.1, 0.15) is 16.7 Å². The summed E-state index contributed by atoms with van der Waals surface area (Å²) in [5, 5.41) is 0. The standard InChI is InChI=1S/C17H19NO4S/c1-12-3-4-14(9-13(12)2)11-18-23(19,20)15-5-6-16-17(10-15)22-8-7-21-16/h3-6,9-10,18H,7-8,11H2,1-2H3. The number of ether oxygens (including phenoxy) is 2. The van der Waals surface area contributed by atoms with Gasteiger partial charge >= 0.3 is 0 Å². The van der Waals surface area contributed by atoms with Crippen LogP contribution < -0.4 is 14.2 Å². The summed E-state index contributed by atoms with van der Waals surface area (Å²) in [6.45, 7) is 5.18. The number of aryl methyl sites for hydroxylation is 2. The first-order valence-electron chi connectivity index (χ1n) is 7.41. The molecule has 0 spiro atoms. The fourth-order valence-corrected chi connectivity index (χ4v) is 3.40. The van der Waals surface area contributed by atoms with Gasteiger partial charge in [0.25, 0.3) is 0 Å². The first-order valence-corrected chi connectivity index (χ1v) is 8.89. The monoisotopic (exact) mass is 333 g/mol. The molecule has 0 atom stereocenters. The molecule has 1 N–H and O–H groups in total. The van der Waals surface area contributed by atoms with E-state index in [0.29, 0.717) is 24.7 Å². The molecule has 6 heteroatoms. The molecule has 23 heavy (non-hydrogen) atoms. The number of benzene rings is 2. The van der Waals surface area contributed by atoms with Crippen LogP contribution >= 0.6 is 0 Å². The highest BCUT2D eigenvalue weighted by atomic mass is 32.2. The molecular formula is C17H19NO4S. The molecule has 0 saturated carbocycles. The average Bonchev–Trinajstić information content (AvgIpc) is 2.55. The molecule has 0 radical (unpaired) electrons. The molecule has 1 aliphatic rings. The molecule has 0 fully saturated rings. The molecule has 122 valence electrons. The second-order valence-electron chi connectivity index (χ2n) is 5.55. The SMILES string of the molecule is Cc1ccc(CNS(=O)(=O)c2ccc3c(c2)OCCO3)cc1C. The van der Waals surface area contributed by atoms with Crippen molar-refractivity contribution < 1.29 is 17.9 Å². The third-order valence-corrected chi connectivity index (χ3v) is 5.26. The Morgan fingerprint density at radius 1 is 0.957 bits per heavy atom. The maximum atomic E-state index is 12.4. The van der Waals surface area contributed by atoms with Crippen LogP contribution in [0.3, 0.4) is 0 Å². The molecule has 0 aliphatic carbocycles. The minimum absolute atomic E-state index is 0.172. The van der Waals surface area contributed by atoms with Gasteiger partial charge in [0.15, 0.2) is 11.5 Å². The highest BCUT2D eigenvalue weighted by Gasteiger charge is 2.19. The van der Waals surface area contributed by atoms with Crippen LogP contribution in [0.15, 0.2) is 41.3 Å². The predicted octanol–water partition coefficient (Wildman–Crippen LogP) is 2.55. The molecule has 2 aromatic carbocycles. The summed E-state index contributed by atoms with van der Waals surface area (Å²) in [5.74, 6) is 1.04. The first-order chi connectivity index (χ1) is 11.0. The normalized spacial score (nSPS) is 13.8. The number of hydrogen-bond acceptors (Lipinski definition) is 4. The molecule has 1 heterocycles. The van der Waals surface area contributed by atoms with E-state index in [1.165, 1.54) is 17.7 Å². The molecule has 3 rings (SSSR count). The third-order valence-electron chi connectivity index (χ3n) is 3.86. The van der Waals surface area contributed by atoms with E-state index in [4.69, 9.17) is 9.47 Å². The van der Waals surface area contributed by atoms with Gasteiger partial charge in [-0.15, -0.1) is 0 Å². The lowest BCUT2D eigenvalue weighted by Crippen LogP contribution is -2.24. The molecule has 0 saturated heterocycles. The number of hydrogen-bond donors (Lipinski definition) is 1. The van der Waals surface area contributed by atoms with Gasteiger partial charge < -0.3 is 9.47 Å². The second kappa shape index (κ2) is 6.22. The van der Waals surface area contributed by atoms with E-state index in [-0.39, 0.29) is 11.4 Å². The minimum atomic E-state index is -3.60. The Kier molecular flexibility index (Phi) is 4.28. The zero-order valence-corrected chi connectivity index (χ0v) is 13.9. The molecular weight excluding hydrogens is 314 g/mol. The lowest BCUT2D eigenvalue weighted by atomic mass is 10.1. The second-order valence-corrected chi connectivity index (χ2v) is 7.32. The third kappa shape index (κ3) is 3.48. The van der Waals surface area contributed by atoms with Gasteiger partial charge in [-0.05, 0) is 42.7 Å². The van der Waals surface area contributed by atoms with Crippen LogP contribution in [0.25, 0.3) is 0 Å². The van der Waals surface area contributed by atoms with Gasteiger partial charge in [0, 0.05) is 12.6 Å². The topological polar surface area (TPSA) is 64.6 Å². The van der Waals surface area contributed by atoms with Crippen LogP contribution in [-0.2, 0) is 16.6 Å². The lowest BCUT2D eigenvalue weighted by Gasteiger charge is -2.19. The Balaban J connectivity index is 1.77. The van der Waals surface area contributed by atoms with Gasteiger partial charge in [0.2, 0.25) is 10.0 Å². The molecule has 0 amide bonds. The van der Waals surface area contributed by atoms with Crippen LogP contribution in [0.5, 0.6) is 11.5 Å². The van der Waals surface area contributed by atoms with Crippen molar-refractivity contribution in [3.05, 3.63) is 53.1 Å². The van der Waals surface area contributed by atoms with Crippen LogP contribution in [-0.4, -0.2) is 21.6 Å². The molecule has 0 bridgehead atoms. The van der Waals surface area contributed by atoms with Gasteiger partial charge in [-0.25, -0.2) is 13.1 Å². The zero-order valence-electron chi connectivity index (χ0n) is 13.1. The van der Waals surface area contributed by atoms with E-state index >= 15 is 0 Å². The van der Waals surface area contributed by atoms with E-state index in [9.17, 15) is 8.42 Å². The molecule has 5 nitrogen and oxygen atoms in total. The number of sulfonamides is 1. The smallest absolute Gasteiger partial charge is 0.241 e. The Morgan fingerprint density at radius 2 is 1.70 bits per heavy atom. The van der Waals surface area contributed by atoms with Crippen molar-refractivity contribution in [1.82, 2.24) is 4.72 Å². The predicted molar refractivity (Wildman–Crippen MR) is 87.4 cm³/mol. The van der Waals surface area contributed by atoms with Gasteiger partial charge in [-0.3, -0.25) is 0 Å². The van der Waals surface area contributed by atoms with Crippen LogP contribution in [0.2, 0.25) is 0 Å². The summed E-state index contributed by atoms with van der Waals surface area (Å²) in [5.41, 5.74) is 3.25. The van der Waals surface area contributed by atoms with Crippen molar-refractivity contribution in [2.45, 2.75) is 25.3 Å². The van der Waals surface area contributed by atoms with Crippen molar-refractivity contribution >= 4 is 10.0 Å². The first kappa shape index (κ1) is 15.8. The zero-order chi connectivity index (χ0) is 16.4. The highest BCUT2D eigenvalue weighted by molar-refractivity contribution is 7.89. The quantitative estimate of drug-likeness (QED) is 0.934. The van der Waals surface area contributed by atoms with Crippen molar-refractivity contribution in [2.75, 3.05) is 13.2 Å². The van der Waals surface area contributed by atoms with Crippen molar-refractivity contribution in [1.29, 1.82) is 0 Å². The lowest BCUT2D eigenvalue weighted by molar-refractivity contribution is 0.171. The maximum absolute atomic E-state index is 12.4. The van der Waals surface area contributed by atoms with Crippen molar-refractivity contribution in [2.24, 2.45) is 0 Å². The van der Waals surface area contributed by atoms with Gasteiger partial charge in [0.05, 0.1) is 4.90 Å². The number of fused-ring (bicyclic) bond motifs is 1. The molecule has 1 aliphatic heterocycles. The Morgan fingerprint density at radius 3 is 2.43 bits per heavy atom. The van der Waals surface area contributed by atoms with Gasteiger partial charge in [-0.2, -0.15) is 0 Å². The fourth-order valence-electron chi connectivity index (χ4n) is 2.37. The molecule has 0 unspecified atom stereocenters.